The zero-order chi connectivity index (χ0) is 22.2. The van der Waals surface area contributed by atoms with Crippen LogP contribution in [0, 0.1) is 0 Å². The fourth-order valence-electron chi connectivity index (χ4n) is 4.03. The summed E-state index contributed by atoms with van der Waals surface area (Å²) < 4.78 is 7.69. The number of hydrogen-bond acceptors (Lipinski definition) is 5. The van der Waals surface area contributed by atoms with Crippen LogP contribution in [0.1, 0.15) is 5.56 Å². The number of anilines is 1. The first kappa shape index (κ1) is 19.5. The number of benzene rings is 3. The average molecular weight is 452 g/mol. The predicted molar refractivity (Wildman–Crippen MR) is 130 cm³/mol. The number of aromatic nitrogens is 4. The Balaban J connectivity index is 1.54. The predicted octanol–water partition coefficient (Wildman–Crippen LogP) is 6.47. The fourth-order valence-corrected chi connectivity index (χ4v) is 4.29. The first-order valence-electron chi connectivity index (χ1n) is 10.5. The van der Waals surface area contributed by atoms with Crippen LogP contribution >= 0.6 is 11.6 Å². The maximum atomic E-state index is 6.63. The highest BCUT2D eigenvalue weighted by molar-refractivity contribution is 6.36. The Kier molecular flexibility index (Phi) is 4.78. The largest absolute Gasteiger partial charge is 0.349 e. The molecular weight excluding hydrogens is 434 g/mol. The summed E-state index contributed by atoms with van der Waals surface area (Å²) in [5.41, 5.74) is 4.19. The van der Waals surface area contributed by atoms with E-state index >= 15 is 0 Å². The lowest BCUT2D eigenvalue weighted by molar-refractivity contribution is 0.434. The lowest BCUT2D eigenvalue weighted by atomic mass is 10.1. The number of nitrogens with zero attached hydrogens (tertiary/aromatic N) is 4. The summed E-state index contributed by atoms with van der Waals surface area (Å²) in [6.07, 6.45) is 1.84. The second-order valence-electron chi connectivity index (χ2n) is 7.68. The van der Waals surface area contributed by atoms with Gasteiger partial charge in [-0.3, -0.25) is 4.40 Å². The summed E-state index contributed by atoms with van der Waals surface area (Å²) in [4.78, 5) is 0. The van der Waals surface area contributed by atoms with Crippen molar-refractivity contribution in [2.24, 2.45) is 0 Å². The van der Waals surface area contributed by atoms with Crippen molar-refractivity contribution < 1.29 is 4.52 Å². The van der Waals surface area contributed by atoms with Crippen LogP contribution in [-0.2, 0) is 6.54 Å². The number of nitrogens with one attached hydrogen (secondary N) is 1. The van der Waals surface area contributed by atoms with E-state index in [0.29, 0.717) is 29.0 Å². The zero-order valence-electron chi connectivity index (χ0n) is 17.4. The minimum Gasteiger partial charge on any atom is -0.349 e. The van der Waals surface area contributed by atoms with Gasteiger partial charge in [0.05, 0.1) is 5.02 Å². The Morgan fingerprint density at radius 3 is 2.30 bits per heavy atom. The first-order chi connectivity index (χ1) is 16.3. The normalized spacial score (nSPS) is 11.3. The number of fused-ring (bicyclic) bond motifs is 3. The summed E-state index contributed by atoms with van der Waals surface area (Å²) in [6.45, 7) is 0.581. The van der Waals surface area contributed by atoms with Crippen molar-refractivity contribution in [2.75, 3.05) is 5.32 Å². The first-order valence-corrected chi connectivity index (χ1v) is 10.9. The van der Waals surface area contributed by atoms with Crippen LogP contribution in [0.5, 0.6) is 0 Å². The molecule has 3 aromatic heterocycles. The molecule has 0 atom stereocenters. The maximum Gasteiger partial charge on any atom is 0.236 e. The summed E-state index contributed by atoms with van der Waals surface area (Å²) in [6, 6.07) is 27.9. The van der Waals surface area contributed by atoms with Gasteiger partial charge in [-0.2, -0.15) is 0 Å². The summed E-state index contributed by atoms with van der Waals surface area (Å²) >= 11 is 6.63. The van der Waals surface area contributed by atoms with Crippen LogP contribution in [0.25, 0.3) is 39.1 Å². The molecule has 3 aromatic carbocycles. The standard InChI is InChI=1S/C26H18ClN5O/c27-21-16-32-24(20-14-8-7-13-19(20)21)29-30-25(32)22-23(18-11-5-2-6-12-18)31-33-26(22)28-15-17-9-3-1-4-10-17/h1-14,16,28H,15H2. The van der Waals surface area contributed by atoms with Gasteiger partial charge in [-0.05, 0) is 5.56 Å². The molecule has 1 N–H and O–H groups in total. The molecule has 0 aliphatic carbocycles. The van der Waals surface area contributed by atoms with Crippen molar-refractivity contribution >= 4 is 33.9 Å². The molecule has 0 saturated carbocycles. The van der Waals surface area contributed by atoms with Crippen molar-refractivity contribution in [3.05, 3.63) is 102 Å². The van der Waals surface area contributed by atoms with Gasteiger partial charge in [0.15, 0.2) is 11.5 Å². The van der Waals surface area contributed by atoms with Crippen molar-refractivity contribution in [3.63, 3.8) is 0 Å². The van der Waals surface area contributed by atoms with Crippen LogP contribution in [0.15, 0.2) is 95.6 Å². The van der Waals surface area contributed by atoms with Gasteiger partial charge < -0.3 is 9.84 Å². The Bertz CT molecular complexity index is 1570. The molecule has 7 heteroatoms. The molecule has 0 unspecified atom stereocenters. The van der Waals surface area contributed by atoms with Gasteiger partial charge >= 0.3 is 0 Å². The van der Waals surface area contributed by atoms with Gasteiger partial charge in [-0.15, -0.1) is 10.2 Å². The van der Waals surface area contributed by atoms with E-state index in [4.69, 9.17) is 16.1 Å². The monoisotopic (exact) mass is 451 g/mol. The Morgan fingerprint density at radius 1 is 0.818 bits per heavy atom. The summed E-state index contributed by atoms with van der Waals surface area (Å²) in [5.74, 6) is 1.13. The third-order valence-electron chi connectivity index (χ3n) is 5.62. The molecule has 0 amide bonds. The van der Waals surface area contributed by atoms with E-state index in [1.54, 1.807) is 0 Å². The zero-order valence-corrected chi connectivity index (χ0v) is 18.2. The van der Waals surface area contributed by atoms with Crippen LogP contribution in [0.3, 0.4) is 0 Å². The lowest BCUT2D eigenvalue weighted by Crippen LogP contribution is -2.01. The SMILES string of the molecule is Clc1cn2c(-c3c(-c4ccccc4)noc3NCc3ccccc3)nnc2c2ccccc12. The quantitative estimate of drug-likeness (QED) is 0.325. The molecule has 0 fully saturated rings. The second-order valence-corrected chi connectivity index (χ2v) is 8.09. The van der Waals surface area contributed by atoms with E-state index < -0.39 is 0 Å². The number of rotatable bonds is 5. The molecule has 3 heterocycles. The van der Waals surface area contributed by atoms with E-state index in [9.17, 15) is 0 Å². The van der Waals surface area contributed by atoms with E-state index in [2.05, 4.69) is 32.8 Å². The molecule has 0 bridgehead atoms. The van der Waals surface area contributed by atoms with Crippen molar-refractivity contribution in [1.29, 1.82) is 0 Å². The number of halogens is 1. The van der Waals surface area contributed by atoms with Gasteiger partial charge in [-0.1, -0.05) is 102 Å². The average Bonchev–Trinajstić information content (AvgIpc) is 3.48. The molecular formula is C26H18ClN5O. The number of hydrogen-bond donors (Lipinski definition) is 1. The third kappa shape index (κ3) is 3.41. The Hall–Kier alpha value is -4.16. The van der Waals surface area contributed by atoms with E-state index in [-0.39, 0.29) is 0 Å². The van der Waals surface area contributed by atoms with Gasteiger partial charge in [0.1, 0.15) is 11.3 Å². The van der Waals surface area contributed by atoms with Crippen LogP contribution in [-0.4, -0.2) is 19.8 Å². The third-order valence-corrected chi connectivity index (χ3v) is 5.92. The van der Waals surface area contributed by atoms with Crippen molar-refractivity contribution in [2.45, 2.75) is 6.54 Å². The topological polar surface area (TPSA) is 68.2 Å². The Labute approximate surface area is 194 Å². The van der Waals surface area contributed by atoms with E-state index in [1.165, 1.54) is 0 Å². The Morgan fingerprint density at radius 2 is 1.52 bits per heavy atom. The maximum absolute atomic E-state index is 6.63. The molecule has 33 heavy (non-hydrogen) atoms. The summed E-state index contributed by atoms with van der Waals surface area (Å²) in [5, 5.41) is 19.3. The molecule has 6 nitrogen and oxygen atoms in total. The highest BCUT2D eigenvalue weighted by atomic mass is 35.5. The minimum absolute atomic E-state index is 0.524. The van der Waals surface area contributed by atoms with Crippen LogP contribution < -0.4 is 5.32 Å². The molecule has 0 aliphatic heterocycles. The van der Waals surface area contributed by atoms with Gasteiger partial charge in [0.2, 0.25) is 5.88 Å². The highest BCUT2D eigenvalue weighted by Gasteiger charge is 2.25. The van der Waals surface area contributed by atoms with E-state index in [0.717, 1.165) is 33.1 Å². The van der Waals surface area contributed by atoms with Crippen LogP contribution in [0.4, 0.5) is 5.88 Å². The van der Waals surface area contributed by atoms with Gasteiger partial charge in [-0.25, -0.2) is 0 Å². The molecule has 0 saturated heterocycles. The highest BCUT2D eigenvalue weighted by Crippen LogP contribution is 2.38. The fraction of sp³-hybridized carbons (Fsp3) is 0.0385. The molecule has 6 rings (SSSR count). The van der Waals surface area contributed by atoms with Crippen molar-refractivity contribution in [1.82, 2.24) is 19.8 Å². The second kappa shape index (κ2) is 8.07. The lowest BCUT2D eigenvalue weighted by Gasteiger charge is -2.08. The van der Waals surface area contributed by atoms with Gasteiger partial charge in [0.25, 0.3) is 0 Å². The molecule has 0 spiro atoms. The molecule has 0 aliphatic rings. The smallest absolute Gasteiger partial charge is 0.236 e. The number of pyridine rings is 1. The summed E-state index contributed by atoms with van der Waals surface area (Å²) in [7, 11) is 0. The molecule has 160 valence electrons. The van der Waals surface area contributed by atoms with Crippen LogP contribution in [0.2, 0.25) is 5.02 Å². The molecule has 6 aromatic rings. The molecule has 0 radical (unpaired) electrons. The van der Waals surface area contributed by atoms with E-state index in [1.807, 2.05) is 83.4 Å². The minimum atomic E-state index is 0.524. The van der Waals surface area contributed by atoms with Crippen molar-refractivity contribution in [3.8, 4) is 22.6 Å². The van der Waals surface area contributed by atoms with Gasteiger partial charge in [0, 0.05) is 29.1 Å².